The maximum absolute atomic E-state index is 11.0. The number of nitrogens with one attached hydrogen (secondary N) is 1. The summed E-state index contributed by atoms with van der Waals surface area (Å²) in [7, 11) is 0. The number of aliphatic carboxylic acids is 1. The number of hydrogen-bond donors (Lipinski definition) is 2. The van der Waals surface area contributed by atoms with E-state index in [2.05, 4.69) is 12.2 Å². The van der Waals surface area contributed by atoms with Crippen LogP contribution >= 0.6 is 12.2 Å². The minimum atomic E-state index is -0.921. The third-order valence-corrected chi connectivity index (χ3v) is 3.36. The SMILES string of the molecule is CCC[C@@H]1NC(=S)c2ccccc2/C1=C/C(=O)O. The molecule has 0 saturated heterocycles. The lowest BCUT2D eigenvalue weighted by Crippen LogP contribution is -2.40. The maximum atomic E-state index is 11.0. The molecule has 0 saturated carbocycles. The highest BCUT2D eigenvalue weighted by molar-refractivity contribution is 7.80. The Kier molecular flexibility index (Phi) is 3.77. The van der Waals surface area contributed by atoms with E-state index in [9.17, 15) is 4.79 Å². The zero-order valence-corrected chi connectivity index (χ0v) is 11.0. The molecule has 1 aromatic rings. The molecular weight excluding hydrogens is 246 g/mol. The van der Waals surface area contributed by atoms with Crippen LogP contribution in [0.15, 0.2) is 30.3 Å². The largest absolute Gasteiger partial charge is 0.478 e. The summed E-state index contributed by atoms with van der Waals surface area (Å²) in [4.78, 5) is 11.7. The molecule has 0 radical (unpaired) electrons. The van der Waals surface area contributed by atoms with Crippen LogP contribution in [0.3, 0.4) is 0 Å². The van der Waals surface area contributed by atoms with Crippen molar-refractivity contribution in [3.8, 4) is 0 Å². The van der Waals surface area contributed by atoms with Crippen LogP contribution in [-0.2, 0) is 4.79 Å². The fourth-order valence-electron chi connectivity index (χ4n) is 2.26. The van der Waals surface area contributed by atoms with Gasteiger partial charge in [0.2, 0.25) is 0 Å². The Morgan fingerprint density at radius 2 is 2.11 bits per heavy atom. The summed E-state index contributed by atoms with van der Waals surface area (Å²) in [5, 5.41) is 12.2. The molecule has 1 aliphatic rings. The first-order chi connectivity index (χ1) is 8.63. The normalized spacial score (nSPS) is 20.4. The molecule has 0 unspecified atom stereocenters. The van der Waals surface area contributed by atoms with E-state index in [4.69, 9.17) is 17.3 Å². The second-order valence-corrected chi connectivity index (χ2v) is 4.71. The molecule has 2 rings (SSSR count). The van der Waals surface area contributed by atoms with E-state index in [1.807, 2.05) is 24.3 Å². The minimum Gasteiger partial charge on any atom is -0.478 e. The van der Waals surface area contributed by atoms with Crippen LogP contribution in [-0.4, -0.2) is 22.1 Å². The van der Waals surface area contributed by atoms with Crippen LogP contribution in [0.5, 0.6) is 0 Å². The third-order valence-electron chi connectivity index (χ3n) is 3.02. The molecule has 4 heteroatoms. The van der Waals surface area contributed by atoms with Gasteiger partial charge in [0.05, 0.1) is 6.04 Å². The van der Waals surface area contributed by atoms with E-state index in [-0.39, 0.29) is 6.04 Å². The first-order valence-corrected chi connectivity index (χ1v) is 6.39. The topological polar surface area (TPSA) is 49.3 Å². The summed E-state index contributed by atoms with van der Waals surface area (Å²) in [6, 6.07) is 7.66. The minimum absolute atomic E-state index is 0.00602. The summed E-state index contributed by atoms with van der Waals surface area (Å²) >= 11 is 5.33. The Balaban J connectivity index is 2.53. The van der Waals surface area contributed by atoms with E-state index in [1.54, 1.807) is 0 Å². The van der Waals surface area contributed by atoms with Gasteiger partial charge >= 0.3 is 5.97 Å². The molecule has 1 atom stereocenters. The van der Waals surface area contributed by atoms with Crippen molar-refractivity contribution in [2.45, 2.75) is 25.8 Å². The van der Waals surface area contributed by atoms with Crippen LogP contribution in [0.1, 0.15) is 30.9 Å². The van der Waals surface area contributed by atoms with E-state index in [0.29, 0.717) is 4.99 Å². The predicted octanol–water partition coefficient (Wildman–Crippen LogP) is 2.60. The van der Waals surface area contributed by atoms with Gasteiger partial charge in [-0.15, -0.1) is 0 Å². The zero-order chi connectivity index (χ0) is 13.1. The Hall–Kier alpha value is -1.68. The van der Waals surface area contributed by atoms with Crippen molar-refractivity contribution < 1.29 is 9.90 Å². The van der Waals surface area contributed by atoms with Crippen LogP contribution < -0.4 is 5.32 Å². The number of carbonyl (C=O) groups is 1. The molecule has 1 heterocycles. The van der Waals surface area contributed by atoms with Gasteiger partial charge < -0.3 is 10.4 Å². The average molecular weight is 261 g/mol. The Labute approximate surface area is 112 Å². The third kappa shape index (κ3) is 2.43. The number of thiocarbonyl (C=S) groups is 1. The fourth-order valence-corrected chi connectivity index (χ4v) is 2.58. The molecule has 1 aromatic carbocycles. The Bertz CT molecular complexity index is 522. The van der Waals surface area contributed by atoms with Gasteiger partial charge in [0.15, 0.2) is 0 Å². The van der Waals surface area contributed by atoms with E-state index < -0.39 is 5.97 Å². The highest BCUT2D eigenvalue weighted by Crippen LogP contribution is 2.29. The van der Waals surface area contributed by atoms with Crippen LogP contribution in [0.4, 0.5) is 0 Å². The summed E-state index contributed by atoms with van der Waals surface area (Å²) in [6.45, 7) is 2.07. The number of fused-ring (bicyclic) bond motifs is 1. The second-order valence-electron chi connectivity index (χ2n) is 4.30. The first kappa shape index (κ1) is 12.8. The quantitative estimate of drug-likeness (QED) is 0.648. The molecule has 2 N–H and O–H groups in total. The highest BCUT2D eigenvalue weighted by Gasteiger charge is 2.26. The molecule has 3 nitrogen and oxygen atoms in total. The van der Waals surface area contributed by atoms with Gasteiger partial charge in [-0.3, -0.25) is 0 Å². The van der Waals surface area contributed by atoms with Gasteiger partial charge in [-0.2, -0.15) is 0 Å². The van der Waals surface area contributed by atoms with Crippen molar-refractivity contribution >= 4 is 28.7 Å². The second kappa shape index (κ2) is 5.31. The summed E-state index contributed by atoms with van der Waals surface area (Å²) in [5.41, 5.74) is 2.66. The van der Waals surface area contributed by atoms with Crippen molar-refractivity contribution in [1.29, 1.82) is 0 Å². The van der Waals surface area contributed by atoms with Crippen LogP contribution in [0.2, 0.25) is 0 Å². The van der Waals surface area contributed by atoms with Crippen molar-refractivity contribution in [1.82, 2.24) is 5.32 Å². The van der Waals surface area contributed by atoms with Gasteiger partial charge in [0.25, 0.3) is 0 Å². The molecule has 0 aromatic heterocycles. The van der Waals surface area contributed by atoms with E-state index in [1.165, 1.54) is 6.08 Å². The van der Waals surface area contributed by atoms with Crippen molar-refractivity contribution in [2.24, 2.45) is 0 Å². The van der Waals surface area contributed by atoms with Gasteiger partial charge in [0, 0.05) is 11.6 Å². The summed E-state index contributed by atoms with van der Waals surface area (Å²) in [6.07, 6.45) is 3.13. The Morgan fingerprint density at radius 3 is 2.72 bits per heavy atom. The number of carboxylic acid groups (broad SMARTS) is 1. The maximum Gasteiger partial charge on any atom is 0.328 e. The lowest BCUT2D eigenvalue weighted by Gasteiger charge is -2.30. The zero-order valence-electron chi connectivity index (χ0n) is 10.1. The standard InChI is InChI=1S/C14H15NO2S/c1-2-5-12-11(8-13(16)17)9-6-3-4-7-10(9)14(18)15-12/h3-4,6-8,12H,2,5H2,1H3,(H,15,18)(H,16,17)/b11-8-/t12-/m0/s1. The molecule has 18 heavy (non-hydrogen) atoms. The van der Waals surface area contributed by atoms with E-state index >= 15 is 0 Å². The Morgan fingerprint density at radius 1 is 1.44 bits per heavy atom. The summed E-state index contributed by atoms with van der Waals surface area (Å²) in [5.74, 6) is -0.921. The van der Waals surface area contributed by atoms with Gasteiger partial charge in [-0.05, 0) is 17.6 Å². The lowest BCUT2D eigenvalue weighted by molar-refractivity contribution is -0.131. The predicted molar refractivity (Wildman–Crippen MR) is 75.6 cm³/mol. The molecule has 0 bridgehead atoms. The summed E-state index contributed by atoms with van der Waals surface area (Å²) < 4.78 is 0. The fraction of sp³-hybridized carbons (Fsp3) is 0.286. The van der Waals surface area contributed by atoms with Crippen molar-refractivity contribution in [3.63, 3.8) is 0 Å². The molecular formula is C14H15NO2S. The van der Waals surface area contributed by atoms with Crippen molar-refractivity contribution in [2.75, 3.05) is 0 Å². The van der Waals surface area contributed by atoms with Gasteiger partial charge in [-0.1, -0.05) is 49.8 Å². The number of carboxylic acids is 1. The average Bonchev–Trinajstić information content (AvgIpc) is 2.34. The molecule has 1 aliphatic heterocycles. The molecule has 0 fully saturated rings. The molecule has 94 valence electrons. The van der Waals surface area contributed by atoms with Gasteiger partial charge in [-0.25, -0.2) is 4.79 Å². The molecule has 0 aliphatic carbocycles. The van der Waals surface area contributed by atoms with E-state index in [0.717, 1.165) is 29.5 Å². The van der Waals surface area contributed by atoms with Crippen molar-refractivity contribution in [3.05, 3.63) is 41.5 Å². The monoisotopic (exact) mass is 261 g/mol. The molecule has 0 spiro atoms. The number of rotatable bonds is 3. The first-order valence-electron chi connectivity index (χ1n) is 5.98. The lowest BCUT2D eigenvalue weighted by atomic mass is 9.88. The number of benzene rings is 1. The number of hydrogen-bond acceptors (Lipinski definition) is 2. The van der Waals surface area contributed by atoms with Crippen LogP contribution in [0, 0.1) is 0 Å². The van der Waals surface area contributed by atoms with Crippen LogP contribution in [0.25, 0.3) is 5.57 Å². The molecule has 0 amide bonds. The smallest absolute Gasteiger partial charge is 0.328 e. The van der Waals surface area contributed by atoms with Gasteiger partial charge in [0.1, 0.15) is 4.99 Å². The highest BCUT2D eigenvalue weighted by atomic mass is 32.1.